The summed E-state index contributed by atoms with van der Waals surface area (Å²) in [4.78, 5) is 8.17. The highest BCUT2D eigenvalue weighted by Gasteiger charge is 2.23. The number of hydrogen-bond donors (Lipinski definition) is 3. The van der Waals surface area contributed by atoms with Crippen molar-refractivity contribution < 1.29 is 0 Å². The lowest BCUT2D eigenvalue weighted by Crippen LogP contribution is -2.31. The Kier molecular flexibility index (Phi) is 3.01. The largest absolute Gasteiger partial charge is 0.367 e. The van der Waals surface area contributed by atoms with E-state index >= 15 is 0 Å². The van der Waals surface area contributed by atoms with Gasteiger partial charge in [-0.3, -0.25) is 5.43 Å². The van der Waals surface area contributed by atoms with Crippen LogP contribution in [0.4, 0.5) is 11.8 Å². The van der Waals surface area contributed by atoms with E-state index in [9.17, 15) is 0 Å². The van der Waals surface area contributed by atoms with Gasteiger partial charge in [-0.2, -0.15) is 4.98 Å². The SMILES string of the molecule is CC(Nc1ccnc(NN)n1)C1CCC1. The molecule has 1 fully saturated rings. The quantitative estimate of drug-likeness (QED) is 0.513. The molecule has 2 rings (SSSR count). The number of nitrogens with two attached hydrogens (primary N) is 1. The van der Waals surface area contributed by atoms with Crippen LogP contribution in [-0.2, 0) is 0 Å². The van der Waals surface area contributed by atoms with Gasteiger partial charge in [0, 0.05) is 12.2 Å². The second-order valence-electron chi connectivity index (χ2n) is 4.03. The number of anilines is 2. The first-order chi connectivity index (χ1) is 7.29. The van der Waals surface area contributed by atoms with Crippen LogP contribution in [0.3, 0.4) is 0 Å². The lowest BCUT2D eigenvalue weighted by atomic mass is 9.80. The molecule has 1 heterocycles. The average Bonchev–Trinajstić information content (AvgIpc) is 2.15. The van der Waals surface area contributed by atoms with Crippen molar-refractivity contribution in [2.45, 2.75) is 32.2 Å². The van der Waals surface area contributed by atoms with Crippen LogP contribution in [0.1, 0.15) is 26.2 Å². The molecule has 15 heavy (non-hydrogen) atoms. The summed E-state index contributed by atoms with van der Waals surface area (Å²) >= 11 is 0. The van der Waals surface area contributed by atoms with E-state index in [1.54, 1.807) is 6.20 Å². The third kappa shape index (κ3) is 2.36. The van der Waals surface area contributed by atoms with Crippen LogP contribution in [0, 0.1) is 5.92 Å². The van der Waals surface area contributed by atoms with Gasteiger partial charge in [-0.15, -0.1) is 0 Å². The molecule has 0 aliphatic heterocycles. The first kappa shape index (κ1) is 10.2. The normalized spacial score (nSPS) is 18.0. The van der Waals surface area contributed by atoms with Crippen molar-refractivity contribution >= 4 is 11.8 Å². The molecule has 82 valence electrons. The van der Waals surface area contributed by atoms with Gasteiger partial charge < -0.3 is 5.32 Å². The van der Waals surface area contributed by atoms with Gasteiger partial charge in [0.2, 0.25) is 5.95 Å². The Hall–Kier alpha value is -1.36. The predicted octanol–water partition coefficient (Wildman–Crippen LogP) is 1.36. The van der Waals surface area contributed by atoms with E-state index in [0.29, 0.717) is 12.0 Å². The maximum atomic E-state index is 5.24. The molecule has 1 aromatic rings. The van der Waals surface area contributed by atoms with Crippen molar-refractivity contribution in [2.24, 2.45) is 11.8 Å². The summed E-state index contributed by atoms with van der Waals surface area (Å²) < 4.78 is 0. The van der Waals surface area contributed by atoms with Gasteiger partial charge in [-0.1, -0.05) is 6.42 Å². The molecular formula is C10H17N5. The third-order valence-corrected chi connectivity index (χ3v) is 3.02. The van der Waals surface area contributed by atoms with Gasteiger partial charge in [0.1, 0.15) is 5.82 Å². The number of nitrogen functional groups attached to an aromatic ring is 1. The summed E-state index contributed by atoms with van der Waals surface area (Å²) in [5.74, 6) is 7.31. The topological polar surface area (TPSA) is 75.9 Å². The van der Waals surface area contributed by atoms with Gasteiger partial charge in [0.25, 0.3) is 0 Å². The molecule has 4 N–H and O–H groups in total. The number of aromatic nitrogens is 2. The van der Waals surface area contributed by atoms with E-state index < -0.39 is 0 Å². The first-order valence-corrected chi connectivity index (χ1v) is 5.36. The first-order valence-electron chi connectivity index (χ1n) is 5.36. The maximum absolute atomic E-state index is 5.24. The Balaban J connectivity index is 1.96. The van der Waals surface area contributed by atoms with Gasteiger partial charge in [-0.05, 0) is 31.7 Å². The number of nitrogens with one attached hydrogen (secondary N) is 2. The van der Waals surface area contributed by atoms with Crippen molar-refractivity contribution in [3.8, 4) is 0 Å². The lowest BCUT2D eigenvalue weighted by molar-refractivity contribution is 0.285. The highest BCUT2D eigenvalue weighted by Crippen LogP contribution is 2.30. The summed E-state index contributed by atoms with van der Waals surface area (Å²) in [6.07, 6.45) is 5.69. The zero-order valence-electron chi connectivity index (χ0n) is 8.90. The van der Waals surface area contributed by atoms with Crippen LogP contribution < -0.4 is 16.6 Å². The van der Waals surface area contributed by atoms with Crippen LogP contribution >= 0.6 is 0 Å². The molecule has 0 bridgehead atoms. The molecule has 0 radical (unpaired) electrons. The van der Waals surface area contributed by atoms with E-state index in [4.69, 9.17) is 5.84 Å². The molecule has 0 saturated heterocycles. The molecule has 1 atom stereocenters. The molecule has 0 spiro atoms. The van der Waals surface area contributed by atoms with Crippen molar-refractivity contribution in [3.05, 3.63) is 12.3 Å². The van der Waals surface area contributed by atoms with Crippen molar-refractivity contribution in [1.29, 1.82) is 0 Å². The van der Waals surface area contributed by atoms with Crippen molar-refractivity contribution in [3.63, 3.8) is 0 Å². The van der Waals surface area contributed by atoms with Crippen LogP contribution in [0.15, 0.2) is 12.3 Å². The van der Waals surface area contributed by atoms with E-state index in [2.05, 4.69) is 27.6 Å². The Morgan fingerprint density at radius 1 is 1.53 bits per heavy atom. The van der Waals surface area contributed by atoms with Crippen LogP contribution in [0.5, 0.6) is 0 Å². The van der Waals surface area contributed by atoms with E-state index in [1.807, 2.05) is 6.07 Å². The molecule has 0 aromatic carbocycles. The molecule has 0 amide bonds. The standard InChI is InChI=1S/C10H17N5/c1-7(8-3-2-4-8)13-9-5-6-12-10(14-9)15-11/h5-8H,2-4,11H2,1H3,(H2,12,13,14,15). The number of nitrogens with zero attached hydrogens (tertiary/aromatic N) is 2. The summed E-state index contributed by atoms with van der Waals surface area (Å²) in [5, 5.41) is 3.37. The Bertz CT molecular complexity index is 323. The minimum absolute atomic E-state index is 0.445. The Morgan fingerprint density at radius 2 is 2.33 bits per heavy atom. The Morgan fingerprint density at radius 3 is 2.93 bits per heavy atom. The molecule has 1 aliphatic carbocycles. The monoisotopic (exact) mass is 207 g/mol. The number of hydrogen-bond acceptors (Lipinski definition) is 5. The molecule has 5 nitrogen and oxygen atoms in total. The molecule has 1 aromatic heterocycles. The van der Waals surface area contributed by atoms with Crippen LogP contribution in [0.25, 0.3) is 0 Å². The third-order valence-electron chi connectivity index (χ3n) is 3.02. The number of rotatable bonds is 4. The zero-order chi connectivity index (χ0) is 10.7. The fraction of sp³-hybridized carbons (Fsp3) is 0.600. The minimum atomic E-state index is 0.445. The molecule has 1 saturated carbocycles. The fourth-order valence-electron chi connectivity index (χ4n) is 1.80. The van der Waals surface area contributed by atoms with Crippen LogP contribution in [0.2, 0.25) is 0 Å². The second-order valence-corrected chi connectivity index (χ2v) is 4.03. The minimum Gasteiger partial charge on any atom is -0.367 e. The van der Waals surface area contributed by atoms with Crippen molar-refractivity contribution in [1.82, 2.24) is 9.97 Å². The molecule has 1 unspecified atom stereocenters. The zero-order valence-corrected chi connectivity index (χ0v) is 8.90. The van der Waals surface area contributed by atoms with Gasteiger partial charge in [0.05, 0.1) is 0 Å². The predicted molar refractivity (Wildman–Crippen MR) is 60.3 cm³/mol. The van der Waals surface area contributed by atoms with E-state index in [1.165, 1.54) is 19.3 Å². The second kappa shape index (κ2) is 4.44. The van der Waals surface area contributed by atoms with Gasteiger partial charge in [0.15, 0.2) is 0 Å². The lowest BCUT2D eigenvalue weighted by Gasteiger charge is -2.32. The van der Waals surface area contributed by atoms with Crippen molar-refractivity contribution in [2.75, 3.05) is 10.7 Å². The van der Waals surface area contributed by atoms with Gasteiger partial charge >= 0.3 is 0 Å². The summed E-state index contributed by atoms with van der Waals surface area (Å²) in [6.45, 7) is 2.20. The highest BCUT2D eigenvalue weighted by molar-refractivity contribution is 5.39. The average molecular weight is 207 g/mol. The van der Waals surface area contributed by atoms with Crippen LogP contribution in [-0.4, -0.2) is 16.0 Å². The molecular weight excluding hydrogens is 190 g/mol. The summed E-state index contributed by atoms with van der Waals surface area (Å²) in [6, 6.07) is 2.33. The van der Waals surface area contributed by atoms with E-state index in [-0.39, 0.29) is 0 Å². The number of hydrazine groups is 1. The highest BCUT2D eigenvalue weighted by atomic mass is 15.3. The van der Waals surface area contributed by atoms with E-state index in [0.717, 1.165) is 11.7 Å². The van der Waals surface area contributed by atoms with Gasteiger partial charge in [-0.25, -0.2) is 10.8 Å². The Labute approximate surface area is 89.5 Å². The molecule has 1 aliphatic rings. The molecule has 5 heteroatoms. The maximum Gasteiger partial charge on any atom is 0.239 e. The summed E-state index contributed by atoms with van der Waals surface area (Å²) in [5.41, 5.74) is 2.44. The summed E-state index contributed by atoms with van der Waals surface area (Å²) in [7, 11) is 0. The fourth-order valence-corrected chi connectivity index (χ4v) is 1.80. The smallest absolute Gasteiger partial charge is 0.239 e.